The second-order valence-corrected chi connectivity index (χ2v) is 4.61. The lowest BCUT2D eigenvalue weighted by Crippen LogP contribution is -2.43. The lowest BCUT2D eigenvalue weighted by atomic mass is 9.94. The molecule has 0 spiro atoms. The largest absolute Gasteiger partial charge is 0.342 e. The van der Waals surface area contributed by atoms with Crippen LogP contribution in [0.3, 0.4) is 0 Å². The molecule has 0 aromatic carbocycles. The first kappa shape index (κ1) is 12.0. The highest BCUT2D eigenvalue weighted by Crippen LogP contribution is 2.13. The topological polar surface area (TPSA) is 29.1 Å². The molecular weight excluding hydrogens is 162 g/mol. The Morgan fingerprint density at radius 1 is 1.38 bits per heavy atom. The maximum absolute atomic E-state index is 11.5. The minimum Gasteiger partial charge on any atom is -0.342 e. The molecular formula is C11H19NO. The first-order chi connectivity index (χ1) is 5.79. The quantitative estimate of drug-likeness (QED) is 0.647. The summed E-state index contributed by atoms with van der Waals surface area (Å²) >= 11 is 0. The van der Waals surface area contributed by atoms with E-state index in [1.165, 1.54) is 0 Å². The van der Waals surface area contributed by atoms with Crippen LogP contribution in [0.5, 0.6) is 0 Å². The first-order valence-electron chi connectivity index (χ1n) is 4.56. The average Bonchev–Trinajstić information content (AvgIpc) is 1.96. The molecule has 13 heavy (non-hydrogen) atoms. The van der Waals surface area contributed by atoms with Crippen LogP contribution in [0.1, 0.15) is 34.6 Å². The molecule has 0 heterocycles. The Labute approximate surface area is 81.1 Å². The van der Waals surface area contributed by atoms with Crippen molar-refractivity contribution in [1.82, 2.24) is 5.32 Å². The Hall–Kier alpha value is -0.970. The number of hydrogen-bond donors (Lipinski definition) is 1. The number of rotatable bonds is 2. The second kappa shape index (κ2) is 4.32. The summed E-state index contributed by atoms with van der Waals surface area (Å²) in [5.41, 5.74) is -0.371. The molecule has 0 aromatic heterocycles. The van der Waals surface area contributed by atoms with Crippen LogP contribution in [0.25, 0.3) is 0 Å². The number of hydrogen-bond acceptors (Lipinski definition) is 1. The van der Waals surface area contributed by atoms with E-state index in [2.05, 4.69) is 11.2 Å². The molecule has 1 atom stereocenters. The van der Waals surface area contributed by atoms with Crippen molar-refractivity contribution in [3.8, 4) is 12.3 Å². The van der Waals surface area contributed by atoms with Crippen molar-refractivity contribution in [2.24, 2.45) is 11.3 Å². The van der Waals surface area contributed by atoms with Gasteiger partial charge in [-0.15, -0.1) is 6.42 Å². The molecule has 74 valence electrons. The maximum Gasteiger partial charge on any atom is 0.226 e. The van der Waals surface area contributed by atoms with E-state index in [0.717, 1.165) is 0 Å². The van der Waals surface area contributed by atoms with Gasteiger partial charge in [0.15, 0.2) is 0 Å². The number of carbonyl (C=O) groups is 1. The Kier molecular flexibility index (Phi) is 4.00. The van der Waals surface area contributed by atoms with Gasteiger partial charge in [0.05, 0.1) is 6.04 Å². The Balaban J connectivity index is 4.29. The Bertz CT molecular complexity index is 217. The van der Waals surface area contributed by atoms with Gasteiger partial charge in [0.1, 0.15) is 0 Å². The minimum atomic E-state index is -0.371. The Morgan fingerprint density at radius 3 is 2.08 bits per heavy atom. The van der Waals surface area contributed by atoms with Crippen molar-refractivity contribution in [2.45, 2.75) is 40.7 Å². The smallest absolute Gasteiger partial charge is 0.226 e. The van der Waals surface area contributed by atoms with E-state index in [1.54, 1.807) is 0 Å². The zero-order valence-corrected chi connectivity index (χ0v) is 9.14. The number of nitrogens with one attached hydrogen (secondary N) is 1. The fourth-order valence-electron chi connectivity index (χ4n) is 0.759. The van der Waals surface area contributed by atoms with E-state index in [4.69, 9.17) is 6.42 Å². The van der Waals surface area contributed by atoms with Crippen molar-refractivity contribution < 1.29 is 4.79 Å². The zero-order valence-electron chi connectivity index (χ0n) is 9.14. The molecule has 1 amide bonds. The van der Waals surface area contributed by atoms with Gasteiger partial charge in [-0.2, -0.15) is 0 Å². The van der Waals surface area contributed by atoms with Gasteiger partial charge < -0.3 is 5.32 Å². The SMILES string of the molecule is C#CC(NC(=O)C(C)(C)C)C(C)C. The third-order valence-corrected chi connectivity index (χ3v) is 1.81. The molecule has 0 saturated carbocycles. The van der Waals surface area contributed by atoms with E-state index in [9.17, 15) is 4.79 Å². The summed E-state index contributed by atoms with van der Waals surface area (Å²) in [6, 6.07) is -0.160. The van der Waals surface area contributed by atoms with Gasteiger partial charge in [-0.25, -0.2) is 0 Å². The molecule has 0 fully saturated rings. The summed E-state index contributed by atoms with van der Waals surface area (Å²) < 4.78 is 0. The van der Waals surface area contributed by atoms with Gasteiger partial charge in [0.2, 0.25) is 5.91 Å². The summed E-state index contributed by atoms with van der Waals surface area (Å²) in [7, 11) is 0. The average molecular weight is 181 g/mol. The molecule has 0 radical (unpaired) electrons. The maximum atomic E-state index is 11.5. The van der Waals surface area contributed by atoms with Gasteiger partial charge in [-0.1, -0.05) is 40.5 Å². The van der Waals surface area contributed by atoms with Crippen LogP contribution in [-0.2, 0) is 4.79 Å². The van der Waals surface area contributed by atoms with Gasteiger partial charge in [0, 0.05) is 5.41 Å². The molecule has 1 unspecified atom stereocenters. The molecule has 2 nitrogen and oxygen atoms in total. The second-order valence-electron chi connectivity index (χ2n) is 4.61. The predicted molar refractivity (Wildman–Crippen MR) is 55.1 cm³/mol. The molecule has 0 saturated heterocycles. The zero-order chi connectivity index (χ0) is 10.6. The van der Waals surface area contributed by atoms with Crippen molar-refractivity contribution in [2.75, 3.05) is 0 Å². The predicted octanol–water partition coefficient (Wildman–Crippen LogP) is 1.81. The van der Waals surface area contributed by atoms with Crippen molar-refractivity contribution in [3.63, 3.8) is 0 Å². The monoisotopic (exact) mass is 181 g/mol. The van der Waals surface area contributed by atoms with Crippen LogP contribution in [0.15, 0.2) is 0 Å². The van der Waals surface area contributed by atoms with Gasteiger partial charge in [0.25, 0.3) is 0 Å². The van der Waals surface area contributed by atoms with E-state index in [1.807, 2.05) is 34.6 Å². The third-order valence-electron chi connectivity index (χ3n) is 1.81. The van der Waals surface area contributed by atoms with E-state index in [0.29, 0.717) is 0 Å². The summed E-state index contributed by atoms with van der Waals surface area (Å²) in [5, 5.41) is 2.83. The van der Waals surface area contributed by atoms with E-state index < -0.39 is 0 Å². The highest BCUT2D eigenvalue weighted by Gasteiger charge is 2.24. The highest BCUT2D eigenvalue weighted by molar-refractivity contribution is 5.81. The van der Waals surface area contributed by atoms with Crippen LogP contribution in [0, 0.1) is 23.7 Å². The lowest BCUT2D eigenvalue weighted by Gasteiger charge is -2.23. The molecule has 0 aromatic rings. The molecule has 0 bridgehead atoms. The van der Waals surface area contributed by atoms with Crippen LogP contribution in [0.2, 0.25) is 0 Å². The molecule has 0 aliphatic carbocycles. The van der Waals surface area contributed by atoms with Crippen molar-refractivity contribution in [3.05, 3.63) is 0 Å². The van der Waals surface area contributed by atoms with E-state index in [-0.39, 0.29) is 23.3 Å². The summed E-state index contributed by atoms with van der Waals surface area (Å²) in [5.74, 6) is 2.85. The van der Waals surface area contributed by atoms with Crippen LogP contribution < -0.4 is 5.32 Å². The standard InChI is InChI=1S/C11H19NO/c1-7-9(8(2)3)12-10(13)11(4,5)6/h1,8-9H,2-6H3,(H,12,13). The van der Waals surface area contributed by atoms with Gasteiger partial charge in [-0.05, 0) is 5.92 Å². The van der Waals surface area contributed by atoms with Crippen molar-refractivity contribution in [1.29, 1.82) is 0 Å². The Morgan fingerprint density at radius 2 is 1.85 bits per heavy atom. The molecule has 0 aliphatic heterocycles. The highest BCUT2D eigenvalue weighted by atomic mass is 16.2. The van der Waals surface area contributed by atoms with Crippen LogP contribution in [0.4, 0.5) is 0 Å². The number of carbonyl (C=O) groups excluding carboxylic acids is 1. The normalized spacial score (nSPS) is 13.6. The van der Waals surface area contributed by atoms with Gasteiger partial charge >= 0.3 is 0 Å². The van der Waals surface area contributed by atoms with Gasteiger partial charge in [-0.3, -0.25) is 4.79 Å². The fourth-order valence-corrected chi connectivity index (χ4v) is 0.759. The molecule has 0 rings (SSSR count). The van der Waals surface area contributed by atoms with Crippen LogP contribution in [-0.4, -0.2) is 11.9 Å². The number of terminal acetylenes is 1. The first-order valence-corrected chi connectivity index (χ1v) is 4.56. The molecule has 1 N–H and O–H groups in total. The third kappa shape index (κ3) is 3.98. The van der Waals surface area contributed by atoms with Crippen molar-refractivity contribution >= 4 is 5.91 Å². The lowest BCUT2D eigenvalue weighted by molar-refractivity contribution is -0.129. The number of amides is 1. The summed E-state index contributed by atoms with van der Waals surface area (Å²) in [6.07, 6.45) is 5.30. The van der Waals surface area contributed by atoms with E-state index >= 15 is 0 Å². The summed E-state index contributed by atoms with van der Waals surface area (Å²) in [6.45, 7) is 9.60. The molecule has 2 heteroatoms. The minimum absolute atomic E-state index is 0.00384. The van der Waals surface area contributed by atoms with Crippen LogP contribution >= 0.6 is 0 Å². The summed E-state index contributed by atoms with van der Waals surface area (Å²) in [4.78, 5) is 11.5. The fraction of sp³-hybridized carbons (Fsp3) is 0.727. The molecule has 0 aliphatic rings.